The van der Waals surface area contributed by atoms with Crippen LogP contribution in [-0.2, 0) is 0 Å². The van der Waals surface area contributed by atoms with Crippen molar-refractivity contribution in [2.75, 3.05) is 0 Å². The molecule has 0 fully saturated rings. The number of hydrogen-bond acceptors (Lipinski definition) is 2. The van der Waals surface area contributed by atoms with Crippen molar-refractivity contribution in [2.45, 2.75) is 0 Å². The average Bonchev–Trinajstić information content (AvgIpc) is 3.28. The predicted octanol–water partition coefficient (Wildman–Crippen LogP) is 5.27. The lowest BCUT2D eigenvalue weighted by Gasteiger charge is -2.04. The molecule has 106 valence electrons. The van der Waals surface area contributed by atoms with Crippen molar-refractivity contribution in [2.24, 2.45) is 0 Å². The molecule has 0 N–H and O–H groups in total. The first-order valence-corrected chi connectivity index (χ1v) is 8.03. The number of benzene rings is 2. The van der Waals surface area contributed by atoms with Crippen LogP contribution in [0.25, 0.3) is 27.5 Å². The number of hydrogen-bond donors (Lipinski definition) is 0. The molecule has 22 heavy (non-hydrogen) atoms. The largest absolute Gasteiger partial charge is 0.324 e. The lowest BCUT2D eigenvalue weighted by Crippen LogP contribution is -1.89. The molecule has 3 heteroatoms. The Morgan fingerprint density at radius 2 is 1.55 bits per heavy atom. The smallest absolute Gasteiger partial charge is 0.124 e. The van der Waals surface area contributed by atoms with Gasteiger partial charge in [0.25, 0.3) is 0 Å². The van der Waals surface area contributed by atoms with Gasteiger partial charge in [0.05, 0.1) is 5.69 Å². The fraction of sp³-hybridized carbons (Fsp3) is 0. The van der Waals surface area contributed by atoms with E-state index in [9.17, 15) is 0 Å². The highest BCUT2D eigenvalue weighted by Gasteiger charge is 2.07. The highest BCUT2D eigenvalue weighted by atomic mass is 32.1. The molecular weight excluding hydrogens is 288 g/mol. The van der Waals surface area contributed by atoms with Crippen LogP contribution in [0.15, 0.2) is 84.5 Å². The zero-order valence-corrected chi connectivity index (χ0v) is 12.7. The molecule has 2 aromatic carbocycles. The van der Waals surface area contributed by atoms with Crippen LogP contribution in [0.4, 0.5) is 0 Å². The zero-order chi connectivity index (χ0) is 14.8. The number of thiazole rings is 1. The van der Waals surface area contributed by atoms with Gasteiger partial charge >= 0.3 is 0 Å². The van der Waals surface area contributed by atoms with Crippen LogP contribution >= 0.6 is 11.3 Å². The van der Waals surface area contributed by atoms with Gasteiger partial charge in [-0.05, 0) is 24.3 Å². The standard InChI is InChI=1S/C19H14N2S/c1-2-7-15(8-3-1)18-14-22-19(20-18)16-9-6-10-17(13-16)21-11-4-5-12-21/h1-14H. The van der Waals surface area contributed by atoms with Gasteiger partial charge in [0, 0.05) is 34.6 Å². The quantitative estimate of drug-likeness (QED) is 0.504. The van der Waals surface area contributed by atoms with Crippen molar-refractivity contribution in [1.29, 1.82) is 0 Å². The summed E-state index contributed by atoms with van der Waals surface area (Å²) >= 11 is 1.68. The lowest BCUT2D eigenvalue weighted by molar-refractivity contribution is 1.08. The van der Waals surface area contributed by atoms with E-state index in [-0.39, 0.29) is 0 Å². The molecule has 0 saturated heterocycles. The molecule has 0 atom stereocenters. The van der Waals surface area contributed by atoms with Crippen LogP contribution in [0.2, 0.25) is 0 Å². The third-order valence-electron chi connectivity index (χ3n) is 3.57. The first-order chi connectivity index (χ1) is 10.9. The topological polar surface area (TPSA) is 17.8 Å². The lowest BCUT2D eigenvalue weighted by atomic mass is 10.2. The third kappa shape index (κ3) is 2.47. The van der Waals surface area contributed by atoms with Gasteiger partial charge in [0.15, 0.2) is 0 Å². The maximum atomic E-state index is 4.78. The summed E-state index contributed by atoms with van der Waals surface area (Å²) in [7, 11) is 0. The predicted molar refractivity (Wildman–Crippen MR) is 92.3 cm³/mol. The highest BCUT2D eigenvalue weighted by molar-refractivity contribution is 7.13. The molecule has 0 radical (unpaired) electrons. The van der Waals surface area contributed by atoms with Gasteiger partial charge in [-0.3, -0.25) is 0 Å². The number of nitrogens with zero attached hydrogens (tertiary/aromatic N) is 2. The minimum Gasteiger partial charge on any atom is -0.324 e. The number of aromatic nitrogens is 2. The molecular formula is C19H14N2S. The van der Waals surface area contributed by atoms with Gasteiger partial charge in [0.2, 0.25) is 0 Å². The molecule has 0 bridgehead atoms. The van der Waals surface area contributed by atoms with E-state index in [4.69, 9.17) is 4.98 Å². The van der Waals surface area contributed by atoms with E-state index in [0.29, 0.717) is 0 Å². The summed E-state index contributed by atoms with van der Waals surface area (Å²) < 4.78 is 2.11. The molecule has 0 aliphatic rings. The molecule has 2 heterocycles. The van der Waals surface area contributed by atoms with Gasteiger partial charge in [-0.15, -0.1) is 11.3 Å². The van der Waals surface area contributed by atoms with Crippen molar-refractivity contribution in [3.8, 4) is 27.5 Å². The van der Waals surface area contributed by atoms with Gasteiger partial charge in [0.1, 0.15) is 5.01 Å². The third-order valence-corrected chi connectivity index (χ3v) is 4.46. The maximum Gasteiger partial charge on any atom is 0.124 e. The monoisotopic (exact) mass is 302 g/mol. The Morgan fingerprint density at radius 3 is 2.36 bits per heavy atom. The molecule has 0 saturated carbocycles. The molecule has 0 spiro atoms. The minimum absolute atomic E-state index is 1.03. The Bertz CT molecular complexity index is 877. The van der Waals surface area contributed by atoms with Crippen LogP contribution in [0.5, 0.6) is 0 Å². The Balaban J connectivity index is 1.71. The van der Waals surface area contributed by atoms with E-state index >= 15 is 0 Å². The Labute approximate surface area is 133 Å². The minimum atomic E-state index is 1.03. The maximum absolute atomic E-state index is 4.78. The second-order valence-electron chi connectivity index (χ2n) is 5.04. The fourth-order valence-electron chi connectivity index (χ4n) is 2.45. The van der Waals surface area contributed by atoms with Gasteiger partial charge in [-0.25, -0.2) is 4.98 Å². The van der Waals surface area contributed by atoms with Crippen LogP contribution in [-0.4, -0.2) is 9.55 Å². The summed E-state index contributed by atoms with van der Waals surface area (Å²) in [5.41, 5.74) is 4.50. The van der Waals surface area contributed by atoms with E-state index in [1.807, 2.05) is 30.3 Å². The van der Waals surface area contributed by atoms with E-state index in [2.05, 4.69) is 58.7 Å². The van der Waals surface area contributed by atoms with Crippen LogP contribution in [0.3, 0.4) is 0 Å². The highest BCUT2D eigenvalue weighted by Crippen LogP contribution is 2.29. The molecule has 0 aliphatic heterocycles. The van der Waals surface area contributed by atoms with Gasteiger partial charge in [-0.2, -0.15) is 0 Å². The SMILES string of the molecule is c1ccc(-c2csc(-c3cccc(-n4cccc4)c3)n2)cc1. The van der Waals surface area contributed by atoms with Gasteiger partial charge in [-0.1, -0.05) is 42.5 Å². The molecule has 4 aromatic rings. The molecule has 0 aliphatic carbocycles. The summed E-state index contributed by atoms with van der Waals surface area (Å²) in [6, 6.07) is 22.8. The normalized spacial score (nSPS) is 10.7. The van der Waals surface area contributed by atoms with Crippen molar-refractivity contribution >= 4 is 11.3 Å². The van der Waals surface area contributed by atoms with E-state index < -0.39 is 0 Å². The van der Waals surface area contributed by atoms with Crippen LogP contribution in [0.1, 0.15) is 0 Å². The van der Waals surface area contributed by atoms with Crippen molar-refractivity contribution in [3.05, 3.63) is 84.5 Å². The summed E-state index contributed by atoms with van der Waals surface area (Å²) in [5, 5.41) is 3.17. The van der Waals surface area contributed by atoms with Gasteiger partial charge < -0.3 is 4.57 Å². The van der Waals surface area contributed by atoms with Crippen LogP contribution in [0, 0.1) is 0 Å². The average molecular weight is 302 g/mol. The first-order valence-electron chi connectivity index (χ1n) is 7.15. The van der Waals surface area contributed by atoms with E-state index in [0.717, 1.165) is 27.5 Å². The summed E-state index contributed by atoms with van der Waals surface area (Å²) in [5.74, 6) is 0. The van der Waals surface area contributed by atoms with Crippen molar-refractivity contribution in [1.82, 2.24) is 9.55 Å². The second kappa shape index (κ2) is 5.62. The summed E-state index contributed by atoms with van der Waals surface area (Å²) in [6.07, 6.45) is 4.10. The summed E-state index contributed by atoms with van der Waals surface area (Å²) in [4.78, 5) is 4.78. The zero-order valence-electron chi connectivity index (χ0n) is 11.9. The first kappa shape index (κ1) is 13.0. The Morgan fingerprint density at radius 1 is 0.773 bits per heavy atom. The number of rotatable bonds is 3. The van der Waals surface area contributed by atoms with Crippen molar-refractivity contribution in [3.63, 3.8) is 0 Å². The van der Waals surface area contributed by atoms with Crippen molar-refractivity contribution < 1.29 is 0 Å². The van der Waals surface area contributed by atoms with Crippen LogP contribution < -0.4 is 0 Å². The van der Waals surface area contributed by atoms with E-state index in [1.54, 1.807) is 11.3 Å². The molecule has 2 nitrogen and oxygen atoms in total. The molecule has 0 amide bonds. The fourth-order valence-corrected chi connectivity index (χ4v) is 3.28. The molecule has 2 aromatic heterocycles. The summed E-state index contributed by atoms with van der Waals surface area (Å²) in [6.45, 7) is 0. The van der Waals surface area contributed by atoms with E-state index in [1.165, 1.54) is 0 Å². The second-order valence-corrected chi connectivity index (χ2v) is 5.90. The Hall–Kier alpha value is -2.65. The molecule has 0 unspecified atom stereocenters. The molecule has 4 rings (SSSR count). The Kier molecular flexibility index (Phi) is 3.33.